The zero-order valence-corrected chi connectivity index (χ0v) is 26.6. The first-order chi connectivity index (χ1) is 17.5. The molecule has 0 aromatic carbocycles. The Hall–Kier alpha value is -1.60. The van der Waals surface area contributed by atoms with Crippen LogP contribution in [0.3, 0.4) is 0 Å². The molecule has 0 saturated heterocycles. The van der Waals surface area contributed by atoms with Crippen LogP contribution in [-0.2, 0) is 20.4 Å². The van der Waals surface area contributed by atoms with Crippen LogP contribution >= 0.6 is 11.8 Å². The van der Waals surface area contributed by atoms with E-state index in [0.29, 0.717) is 19.3 Å². The van der Waals surface area contributed by atoms with E-state index in [-0.39, 0.29) is 16.7 Å². The van der Waals surface area contributed by atoms with Crippen LogP contribution < -0.4 is 0 Å². The largest absolute Gasteiger partial charge is 0.481 e. The first-order valence-corrected chi connectivity index (χ1v) is 15.9. The molecule has 0 amide bonds. The molecule has 2 N–H and O–H groups in total. The number of hydrogen-bond donors (Lipinski definition) is 2. The van der Waals surface area contributed by atoms with Gasteiger partial charge in [-0.15, -0.1) is 0 Å². The Balaban J connectivity index is 0.00000352. The summed E-state index contributed by atoms with van der Waals surface area (Å²) in [5.74, 6) is -1.92. The number of carboxylic acid groups (broad SMARTS) is 2. The van der Waals surface area contributed by atoms with Crippen LogP contribution in [0.25, 0.3) is 0 Å². The van der Waals surface area contributed by atoms with Gasteiger partial charge in [0.1, 0.15) is 0 Å². The minimum Gasteiger partial charge on any atom is -0.481 e. The molecule has 7 heteroatoms. The molecule has 5 nitrogen and oxygen atoms in total. The number of aliphatic carboxylic acids is 2. The molecule has 38 heavy (non-hydrogen) atoms. The summed E-state index contributed by atoms with van der Waals surface area (Å²) in [6, 6.07) is 0. The number of allylic oxidation sites excluding steroid dienone is 8. The van der Waals surface area contributed by atoms with Gasteiger partial charge in [-0.2, -0.15) is 0 Å². The van der Waals surface area contributed by atoms with Gasteiger partial charge in [0.25, 0.3) is 0 Å². The van der Waals surface area contributed by atoms with Crippen LogP contribution in [0.2, 0.25) is 0 Å². The lowest BCUT2D eigenvalue weighted by atomic mass is 9.86. The minimum absolute atomic E-state index is 0.0660. The molecule has 2 atom stereocenters. The molecular weight excluding hydrogens is 516 g/mol. The van der Waals surface area contributed by atoms with Crippen LogP contribution in [0.15, 0.2) is 43.9 Å². The average Bonchev–Trinajstić information content (AvgIpc) is 2.79. The molecule has 0 fully saturated rings. The van der Waals surface area contributed by atoms with Gasteiger partial charge in [0.2, 0.25) is 0 Å². The summed E-state index contributed by atoms with van der Waals surface area (Å²) >= 11 is 1.78. The van der Waals surface area contributed by atoms with Crippen LogP contribution in [0.1, 0.15) is 114 Å². The summed E-state index contributed by atoms with van der Waals surface area (Å²) in [4.78, 5) is 27.0. The highest BCUT2D eigenvalue weighted by atomic mass is 32.2. The topological polar surface area (TPSA) is 91.7 Å². The van der Waals surface area contributed by atoms with Crippen molar-refractivity contribution in [1.29, 1.82) is 0 Å². The Labute approximate surface area is 237 Å². The average molecular weight is 567 g/mol. The molecule has 0 aliphatic carbocycles. The van der Waals surface area contributed by atoms with Gasteiger partial charge in [0.05, 0.1) is 22.1 Å². The van der Waals surface area contributed by atoms with Crippen molar-refractivity contribution in [3.05, 3.63) is 43.9 Å². The maximum atomic E-state index is 13.4. The number of carboxylic acids is 2. The Morgan fingerprint density at radius 3 is 1.89 bits per heavy atom. The molecule has 0 spiro atoms. The summed E-state index contributed by atoms with van der Waals surface area (Å²) < 4.78 is 13.4. The molecule has 0 aromatic heterocycles. The fraction of sp³-hybridized carbons (Fsp3) is 0.677. The third kappa shape index (κ3) is 11.3. The van der Waals surface area contributed by atoms with E-state index < -0.39 is 28.2 Å². The number of rotatable bonds is 13. The molecule has 0 bridgehead atoms. The van der Waals surface area contributed by atoms with Crippen LogP contribution in [0.4, 0.5) is 0 Å². The highest BCUT2D eigenvalue weighted by molar-refractivity contribution is 8.06. The second-order valence-corrected chi connectivity index (χ2v) is 15.0. The van der Waals surface area contributed by atoms with E-state index in [4.69, 9.17) is 5.11 Å². The van der Waals surface area contributed by atoms with Gasteiger partial charge in [-0.05, 0) is 75.0 Å². The predicted molar refractivity (Wildman–Crippen MR) is 162 cm³/mol. The Morgan fingerprint density at radius 2 is 1.37 bits per heavy atom. The quantitative estimate of drug-likeness (QED) is 0.231. The van der Waals surface area contributed by atoms with E-state index in [0.717, 1.165) is 41.9 Å². The first-order valence-electron chi connectivity index (χ1n) is 13.9. The van der Waals surface area contributed by atoms with Crippen molar-refractivity contribution in [3.8, 4) is 0 Å². The Bertz CT molecular complexity index is 996. The third-order valence-electron chi connectivity index (χ3n) is 6.77. The zero-order chi connectivity index (χ0) is 29.3. The second kappa shape index (κ2) is 14.7. The molecule has 0 radical (unpaired) electrons. The molecule has 2 rings (SSSR count). The minimum atomic E-state index is -1.17. The SMILES string of the molecule is CC.CC(CCCC1=CC(C)(C)C=C(CCC2=CC(C)(C)C=C(CCCC(C)(C)C(=O)O)S2)S1=O)C(=O)O. The van der Waals surface area contributed by atoms with Gasteiger partial charge in [-0.3, -0.25) is 9.59 Å². The van der Waals surface area contributed by atoms with Crippen molar-refractivity contribution in [3.63, 3.8) is 0 Å². The van der Waals surface area contributed by atoms with Crippen molar-refractivity contribution >= 4 is 34.5 Å². The molecule has 0 aromatic rings. The summed E-state index contributed by atoms with van der Waals surface area (Å²) in [5, 5.41) is 18.5. The zero-order valence-electron chi connectivity index (χ0n) is 25.0. The van der Waals surface area contributed by atoms with E-state index in [1.807, 2.05) is 13.8 Å². The highest BCUT2D eigenvalue weighted by Gasteiger charge is 2.29. The van der Waals surface area contributed by atoms with E-state index in [9.17, 15) is 18.9 Å². The normalized spacial score (nSPS) is 21.1. The van der Waals surface area contributed by atoms with Crippen molar-refractivity contribution in [2.45, 2.75) is 114 Å². The fourth-order valence-corrected chi connectivity index (χ4v) is 7.87. The number of thioether (sulfide) groups is 1. The second-order valence-electron chi connectivity index (χ2n) is 12.1. The van der Waals surface area contributed by atoms with Gasteiger partial charge in [0.15, 0.2) is 0 Å². The summed E-state index contributed by atoms with van der Waals surface area (Å²) in [7, 11) is -1.17. The van der Waals surface area contributed by atoms with Crippen LogP contribution in [0, 0.1) is 22.2 Å². The lowest BCUT2D eigenvalue weighted by molar-refractivity contribution is -0.147. The van der Waals surface area contributed by atoms with Crippen molar-refractivity contribution < 1.29 is 24.0 Å². The van der Waals surface area contributed by atoms with E-state index in [1.165, 1.54) is 9.81 Å². The van der Waals surface area contributed by atoms with E-state index >= 15 is 0 Å². The Morgan fingerprint density at radius 1 is 0.868 bits per heavy atom. The lowest BCUT2D eigenvalue weighted by Gasteiger charge is -2.28. The third-order valence-corrected chi connectivity index (χ3v) is 9.54. The summed E-state index contributed by atoms with van der Waals surface area (Å²) in [5.41, 5.74) is -0.953. The van der Waals surface area contributed by atoms with E-state index in [2.05, 4.69) is 52.0 Å². The molecule has 216 valence electrons. The van der Waals surface area contributed by atoms with Crippen LogP contribution in [0.5, 0.6) is 0 Å². The van der Waals surface area contributed by atoms with Gasteiger partial charge < -0.3 is 10.2 Å². The molecule has 2 heterocycles. The monoisotopic (exact) mass is 566 g/mol. The maximum Gasteiger partial charge on any atom is 0.309 e. The van der Waals surface area contributed by atoms with Gasteiger partial charge in [-0.1, -0.05) is 84.5 Å². The van der Waals surface area contributed by atoms with E-state index in [1.54, 1.807) is 32.5 Å². The highest BCUT2D eigenvalue weighted by Crippen LogP contribution is 2.44. The summed E-state index contributed by atoms with van der Waals surface area (Å²) in [6.07, 6.45) is 14.7. The molecule has 2 unspecified atom stereocenters. The maximum absolute atomic E-state index is 13.4. The molecule has 2 aliphatic heterocycles. The van der Waals surface area contributed by atoms with Crippen molar-refractivity contribution in [1.82, 2.24) is 0 Å². The first kappa shape index (κ1) is 34.4. The van der Waals surface area contributed by atoms with Gasteiger partial charge in [0, 0.05) is 20.6 Å². The number of hydrogen-bond acceptors (Lipinski definition) is 4. The standard InChI is InChI=1S/C29H44O5S2.C2H6/c1-20(25(30)31)10-8-12-23-18-28(4,5)19-24(36(23)34)14-13-22-17-27(2,3)16-21(35-22)11-9-15-29(6,7)26(32)33;1-2/h16-20H,8-15H2,1-7H3,(H,30,31)(H,32,33);1-2H3. The lowest BCUT2D eigenvalue weighted by Crippen LogP contribution is -2.23. The molecule has 2 aliphatic rings. The summed E-state index contributed by atoms with van der Waals surface area (Å²) in [6.45, 7) is 17.9. The predicted octanol–water partition coefficient (Wildman–Crippen LogP) is 9.06. The van der Waals surface area contributed by atoms with Crippen LogP contribution in [-0.4, -0.2) is 26.4 Å². The van der Waals surface area contributed by atoms with Crippen molar-refractivity contribution in [2.75, 3.05) is 0 Å². The number of carbonyl (C=O) groups is 2. The van der Waals surface area contributed by atoms with Crippen molar-refractivity contribution in [2.24, 2.45) is 22.2 Å². The van der Waals surface area contributed by atoms with Gasteiger partial charge in [-0.25, -0.2) is 4.21 Å². The smallest absolute Gasteiger partial charge is 0.309 e. The fourth-order valence-electron chi connectivity index (χ4n) is 4.59. The Kier molecular flexibility index (Phi) is 13.3. The molecule has 0 saturated carbocycles. The molecular formula is C31H50O5S2. The van der Waals surface area contributed by atoms with Gasteiger partial charge >= 0.3 is 11.9 Å².